The monoisotopic (exact) mass is 400 g/mol. The molecule has 3 aromatic rings. The molecule has 1 fully saturated rings. The summed E-state index contributed by atoms with van der Waals surface area (Å²) >= 11 is 0. The molecule has 0 unspecified atom stereocenters. The second-order valence-electron chi connectivity index (χ2n) is 7.95. The van der Waals surface area contributed by atoms with Crippen molar-refractivity contribution in [1.29, 1.82) is 0 Å². The second kappa shape index (κ2) is 6.73. The molecule has 1 N–H and O–H groups in total. The molecule has 2 aromatic heterocycles. The molecule has 0 spiro atoms. The van der Waals surface area contributed by atoms with Crippen LogP contribution in [0.1, 0.15) is 32.8 Å². The third-order valence-electron chi connectivity index (χ3n) is 4.76. The van der Waals surface area contributed by atoms with Crippen molar-refractivity contribution in [3.05, 3.63) is 42.4 Å². The van der Waals surface area contributed by atoms with Crippen molar-refractivity contribution in [2.45, 2.75) is 39.3 Å². The fourth-order valence-electron chi connectivity index (χ4n) is 3.41. The van der Waals surface area contributed by atoms with Gasteiger partial charge in [0, 0.05) is 13.1 Å². The molecule has 1 aromatic carbocycles. The number of aromatic nitrogens is 4. The largest absolute Gasteiger partial charge is 0.365 e. The normalized spacial score (nSPS) is 16.6. The lowest BCUT2D eigenvalue weighted by Crippen LogP contribution is -2.25. The van der Waals surface area contributed by atoms with Crippen LogP contribution in [-0.4, -0.2) is 40.5 Å². The van der Waals surface area contributed by atoms with E-state index in [2.05, 4.69) is 41.2 Å². The first-order valence-corrected chi connectivity index (χ1v) is 10.9. The summed E-state index contributed by atoms with van der Waals surface area (Å²) in [5, 5.41) is 8.66. The maximum absolute atomic E-state index is 12.2. The van der Waals surface area contributed by atoms with Crippen molar-refractivity contribution in [2.75, 3.05) is 21.9 Å². The van der Waals surface area contributed by atoms with Gasteiger partial charge in [-0.2, -0.15) is 5.10 Å². The van der Waals surface area contributed by atoms with E-state index in [0.29, 0.717) is 31.0 Å². The third-order valence-corrected chi connectivity index (χ3v) is 6.63. The number of nitrogens with one attached hydrogen (secondary N) is 1. The van der Waals surface area contributed by atoms with Gasteiger partial charge in [0.15, 0.2) is 5.65 Å². The lowest BCUT2D eigenvalue weighted by atomic mass is 10.1. The van der Waals surface area contributed by atoms with E-state index in [9.17, 15) is 8.42 Å². The van der Waals surface area contributed by atoms with Crippen LogP contribution in [0, 0.1) is 0 Å². The van der Waals surface area contributed by atoms with Gasteiger partial charge in [-0.05, 0) is 44.9 Å². The number of hydrogen-bond donors (Lipinski definition) is 1. The Bertz CT molecular complexity index is 1120. The number of nitrogens with zero attached hydrogens (tertiary/aromatic N) is 5. The van der Waals surface area contributed by atoms with Crippen LogP contribution in [-0.2, 0) is 22.1 Å². The summed E-state index contributed by atoms with van der Waals surface area (Å²) in [5.41, 5.74) is 2.30. The van der Waals surface area contributed by atoms with Crippen molar-refractivity contribution in [3.8, 4) is 0 Å². The zero-order chi connectivity index (χ0) is 19.9. The average molecular weight is 401 g/mol. The number of sulfonamides is 1. The SMILES string of the molecule is CC(C)(C)n1ncc2c(NCc3cccc(N4CCCS4(=O)=O)c3)ncnc21. The van der Waals surface area contributed by atoms with E-state index in [1.165, 1.54) is 10.6 Å². The third kappa shape index (κ3) is 3.42. The quantitative estimate of drug-likeness (QED) is 0.724. The van der Waals surface area contributed by atoms with Gasteiger partial charge in [0.1, 0.15) is 12.1 Å². The zero-order valence-corrected chi connectivity index (χ0v) is 17.1. The van der Waals surface area contributed by atoms with Gasteiger partial charge in [0.05, 0.1) is 28.6 Å². The Morgan fingerprint density at radius 1 is 1.21 bits per heavy atom. The summed E-state index contributed by atoms with van der Waals surface area (Å²) in [6.45, 7) is 7.29. The Morgan fingerprint density at radius 3 is 2.75 bits per heavy atom. The van der Waals surface area contributed by atoms with Crippen molar-refractivity contribution in [2.24, 2.45) is 0 Å². The second-order valence-corrected chi connectivity index (χ2v) is 9.96. The van der Waals surface area contributed by atoms with E-state index in [0.717, 1.165) is 16.6 Å². The van der Waals surface area contributed by atoms with Crippen LogP contribution < -0.4 is 9.62 Å². The predicted octanol–water partition coefficient (Wildman–Crippen LogP) is 2.73. The topological polar surface area (TPSA) is 93.0 Å². The smallest absolute Gasteiger partial charge is 0.235 e. The van der Waals surface area contributed by atoms with Crippen LogP contribution in [0.3, 0.4) is 0 Å². The highest BCUT2D eigenvalue weighted by Crippen LogP contribution is 2.26. The van der Waals surface area contributed by atoms with Gasteiger partial charge in [0.25, 0.3) is 0 Å². The maximum Gasteiger partial charge on any atom is 0.235 e. The van der Waals surface area contributed by atoms with E-state index < -0.39 is 10.0 Å². The molecule has 4 rings (SSSR count). The Hall–Kier alpha value is -2.68. The Kier molecular flexibility index (Phi) is 4.49. The minimum absolute atomic E-state index is 0.178. The van der Waals surface area contributed by atoms with Crippen molar-refractivity contribution in [1.82, 2.24) is 19.7 Å². The number of fused-ring (bicyclic) bond motifs is 1. The van der Waals surface area contributed by atoms with Gasteiger partial charge in [-0.1, -0.05) is 12.1 Å². The molecule has 28 heavy (non-hydrogen) atoms. The lowest BCUT2D eigenvalue weighted by molar-refractivity contribution is 0.366. The number of hydrogen-bond acceptors (Lipinski definition) is 6. The van der Waals surface area contributed by atoms with E-state index >= 15 is 0 Å². The molecule has 9 heteroatoms. The van der Waals surface area contributed by atoms with Gasteiger partial charge < -0.3 is 5.32 Å². The molecular formula is C19H24N6O2S. The van der Waals surface area contributed by atoms with Gasteiger partial charge in [-0.3, -0.25) is 4.31 Å². The number of rotatable bonds is 4. The maximum atomic E-state index is 12.2. The van der Waals surface area contributed by atoms with Crippen molar-refractivity contribution >= 4 is 32.6 Å². The van der Waals surface area contributed by atoms with Crippen LogP contribution in [0.5, 0.6) is 0 Å². The van der Waals surface area contributed by atoms with E-state index in [-0.39, 0.29) is 11.3 Å². The minimum Gasteiger partial charge on any atom is -0.365 e. The molecular weight excluding hydrogens is 376 g/mol. The standard InChI is InChI=1S/C19H24N6O2S/c1-19(2,3)25-18-16(12-23-25)17(21-13-22-18)20-11-14-6-4-7-15(10-14)24-8-5-9-28(24,26)27/h4,6-7,10,12-13H,5,8-9,11H2,1-3H3,(H,20,21,22). The minimum atomic E-state index is -3.18. The Labute approximate surface area is 164 Å². The van der Waals surface area contributed by atoms with E-state index in [4.69, 9.17) is 0 Å². The van der Waals surface area contributed by atoms with Crippen LogP contribution in [0.15, 0.2) is 36.8 Å². The molecule has 0 amide bonds. The van der Waals surface area contributed by atoms with Crippen LogP contribution in [0.2, 0.25) is 0 Å². The molecule has 0 bridgehead atoms. The molecule has 3 heterocycles. The molecule has 0 saturated carbocycles. The van der Waals surface area contributed by atoms with Crippen LogP contribution in [0.25, 0.3) is 11.0 Å². The summed E-state index contributed by atoms with van der Waals surface area (Å²) in [5.74, 6) is 0.922. The first-order valence-electron chi connectivity index (χ1n) is 9.28. The first kappa shape index (κ1) is 18.7. The molecule has 0 atom stereocenters. The summed E-state index contributed by atoms with van der Waals surface area (Å²) < 4.78 is 27.7. The fraction of sp³-hybridized carbons (Fsp3) is 0.421. The summed E-state index contributed by atoms with van der Waals surface area (Å²) in [6, 6.07) is 7.60. The number of benzene rings is 1. The van der Waals surface area contributed by atoms with E-state index in [1.807, 2.05) is 28.9 Å². The molecule has 1 saturated heterocycles. The van der Waals surface area contributed by atoms with Gasteiger partial charge >= 0.3 is 0 Å². The van der Waals surface area contributed by atoms with Crippen LogP contribution >= 0.6 is 0 Å². The highest BCUT2D eigenvalue weighted by Gasteiger charge is 2.28. The van der Waals surface area contributed by atoms with Gasteiger partial charge in [0.2, 0.25) is 10.0 Å². The van der Waals surface area contributed by atoms with Gasteiger partial charge in [-0.25, -0.2) is 23.1 Å². The predicted molar refractivity (Wildman–Crippen MR) is 110 cm³/mol. The van der Waals surface area contributed by atoms with Crippen LogP contribution in [0.4, 0.5) is 11.5 Å². The zero-order valence-electron chi connectivity index (χ0n) is 16.3. The number of anilines is 2. The first-order chi connectivity index (χ1) is 13.3. The molecule has 8 nitrogen and oxygen atoms in total. The average Bonchev–Trinajstić information content (AvgIpc) is 3.23. The van der Waals surface area contributed by atoms with Crippen molar-refractivity contribution < 1.29 is 8.42 Å². The molecule has 0 radical (unpaired) electrons. The Morgan fingerprint density at radius 2 is 2.04 bits per heavy atom. The Balaban J connectivity index is 1.57. The van der Waals surface area contributed by atoms with Gasteiger partial charge in [-0.15, -0.1) is 0 Å². The highest BCUT2D eigenvalue weighted by molar-refractivity contribution is 7.93. The summed E-state index contributed by atoms with van der Waals surface area (Å²) in [4.78, 5) is 8.74. The fourth-order valence-corrected chi connectivity index (χ4v) is 4.97. The van der Waals surface area contributed by atoms with Crippen molar-refractivity contribution in [3.63, 3.8) is 0 Å². The molecule has 1 aliphatic rings. The molecule has 0 aliphatic carbocycles. The molecule has 148 valence electrons. The summed E-state index contributed by atoms with van der Waals surface area (Å²) in [7, 11) is -3.18. The summed E-state index contributed by atoms with van der Waals surface area (Å²) in [6.07, 6.45) is 3.97. The highest BCUT2D eigenvalue weighted by atomic mass is 32.2. The van der Waals surface area contributed by atoms with E-state index in [1.54, 1.807) is 6.20 Å². The lowest BCUT2D eigenvalue weighted by Gasteiger charge is -2.19. The molecule has 1 aliphatic heterocycles.